The van der Waals surface area contributed by atoms with Crippen molar-refractivity contribution < 1.29 is 14.3 Å². The second kappa shape index (κ2) is 7.57. The predicted molar refractivity (Wildman–Crippen MR) is 103 cm³/mol. The second-order valence-corrected chi connectivity index (χ2v) is 6.90. The van der Waals surface area contributed by atoms with E-state index >= 15 is 0 Å². The van der Waals surface area contributed by atoms with Gasteiger partial charge >= 0.3 is 5.97 Å². The van der Waals surface area contributed by atoms with Crippen molar-refractivity contribution in [2.24, 2.45) is 10.2 Å². The second-order valence-electron chi connectivity index (χ2n) is 5.87. The molecule has 1 amide bonds. The minimum atomic E-state index is -0.589. The highest BCUT2D eigenvalue weighted by Crippen LogP contribution is 2.24. The summed E-state index contributed by atoms with van der Waals surface area (Å²) in [6.45, 7) is 4.28. The number of benzene rings is 1. The van der Waals surface area contributed by atoms with Crippen LogP contribution < -0.4 is 5.32 Å². The molecule has 1 aliphatic rings. The Balaban J connectivity index is 1.73. The van der Waals surface area contributed by atoms with Crippen LogP contribution in [0.25, 0.3) is 10.9 Å². The van der Waals surface area contributed by atoms with Crippen LogP contribution >= 0.6 is 11.8 Å². The van der Waals surface area contributed by atoms with Gasteiger partial charge in [-0.25, -0.2) is 4.79 Å². The summed E-state index contributed by atoms with van der Waals surface area (Å²) in [5.41, 5.74) is 2.07. The normalized spacial score (nSPS) is 17.8. The van der Waals surface area contributed by atoms with E-state index in [1.165, 1.54) is 12.6 Å². The van der Waals surface area contributed by atoms with Gasteiger partial charge < -0.3 is 9.30 Å². The molecule has 1 N–H and O–H groups in total. The topological polar surface area (TPSA) is 85.0 Å². The van der Waals surface area contributed by atoms with Crippen molar-refractivity contribution in [1.82, 2.24) is 9.88 Å². The predicted octanol–water partition coefficient (Wildman–Crippen LogP) is 2.83. The Bertz CT molecular complexity index is 956. The third kappa shape index (κ3) is 3.85. The summed E-state index contributed by atoms with van der Waals surface area (Å²) in [5.74, 6) is -0.986. The minimum absolute atomic E-state index is 0.224. The molecule has 1 aliphatic heterocycles. The van der Waals surface area contributed by atoms with Crippen LogP contribution in [0.2, 0.25) is 0 Å². The first-order valence-corrected chi connectivity index (χ1v) is 8.80. The fourth-order valence-corrected chi connectivity index (χ4v) is 3.24. The van der Waals surface area contributed by atoms with Crippen LogP contribution in [0.5, 0.6) is 0 Å². The molecule has 3 rings (SSSR count). The summed E-state index contributed by atoms with van der Waals surface area (Å²) >= 11 is 1.04. The smallest absolute Gasteiger partial charge is 0.331 e. The molecule has 1 fully saturated rings. The van der Waals surface area contributed by atoms with Gasteiger partial charge in [-0.3, -0.25) is 10.1 Å². The van der Waals surface area contributed by atoms with E-state index in [0.717, 1.165) is 28.8 Å². The summed E-state index contributed by atoms with van der Waals surface area (Å²) in [7, 11) is 1.25. The van der Waals surface area contributed by atoms with E-state index in [0.29, 0.717) is 11.2 Å². The number of hydrogen-bond donors (Lipinski definition) is 1. The van der Waals surface area contributed by atoms with Crippen LogP contribution in [0, 0.1) is 0 Å². The van der Waals surface area contributed by atoms with Gasteiger partial charge in [-0.05, 0) is 49.4 Å². The van der Waals surface area contributed by atoms with Crippen molar-refractivity contribution in [3.8, 4) is 0 Å². The third-order valence-electron chi connectivity index (χ3n) is 3.76. The standard InChI is InChI=1S/C18H18N4O3S/c1-11(2)22-7-6-13-8-12(4-5-14(13)22)10-19-21-18-20-17(24)15(26-18)9-16(23)25-3/h4-11H,1-3H3,(H,20,21,24)/b15-9+,19-10?. The summed E-state index contributed by atoms with van der Waals surface area (Å²) in [5, 5.41) is 12.0. The molecule has 0 aliphatic carbocycles. The number of ether oxygens (including phenoxy) is 1. The molecule has 1 aromatic heterocycles. The molecule has 0 bridgehead atoms. The summed E-state index contributed by atoms with van der Waals surface area (Å²) in [6.07, 6.45) is 4.81. The molecular weight excluding hydrogens is 352 g/mol. The number of rotatable bonds is 4. The lowest BCUT2D eigenvalue weighted by Gasteiger charge is -2.08. The van der Waals surface area contributed by atoms with Crippen molar-refractivity contribution >= 4 is 45.9 Å². The fraction of sp³-hybridized carbons (Fsp3) is 0.222. The molecule has 0 spiro atoms. The van der Waals surface area contributed by atoms with Crippen molar-refractivity contribution in [2.75, 3.05) is 7.11 Å². The Hall–Kier alpha value is -2.87. The highest BCUT2D eigenvalue weighted by Gasteiger charge is 2.24. The highest BCUT2D eigenvalue weighted by molar-refractivity contribution is 8.18. The van der Waals surface area contributed by atoms with Gasteiger partial charge in [-0.1, -0.05) is 6.07 Å². The largest absolute Gasteiger partial charge is 0.466 e. The zero-order valence-corrected chi connectivity index (χ0v) is 15.4. The molecule has 2 aromatic rings. The van der Waals surface area contributed by atoms with Gasteiger partial charge in [0.25, 0.3) is 5.91 Å². The van der Waals surface area contributed by atoms with Crippen LogP contribution in [0.3, 0.4) is 0 Å². The van der Waals surface area contributed by atoms with E-state index < -0.39 is 11.9 Å². The van der Waals surface area contributed by atoms with Gasteiger partial charge in [0.05, 0.1) is 18.2 Å². The molecular formula is C18H18N4O3S. The number of amides is 1. The number of methoxy groups -OCH3 is 1. The number of hydrogen-bond acceptors (Lipinski definition) is 6. The number of amidine groups is 1. The molecule has 0 unspecified atom stereocenters. The number of aromatic nitrogens is 1. The maximum absolute atomic E-state index is 11.7. The van der Waals surface area contributed by atoms with Crippen molar-refractivity contribution in [3.05, 3.63) is 47.0 Å². The maximum Gasteiger partial charge on any atom is 0.331 e. The van der Waals surface area contributed by atoms with E-state index in [2.05, 4.69) is 50.9 Å². The van der Waals surface area contributed by atoms with E-state index in [9.17, 15) is 9.59 Å². The highest BCUT2D eigenvalue weighted by atomic mass is 32.2. The number of nitrogens with zero attached hydrogens (tertiary/aromatic N) is 3. The first-order valence-electron chi connectivity index (χ1n) is 7.98. The molecule has 7 nitrogen and oxygen atoms in total. The number of carbonyl (C=O) groups is 2. The van der Waals surface area contributed by atoms with E-state index in [4.69, 9.17) is 0 Å². The number of thioether (sulfide) groups is 1. The Labute approximate surface area is 154 Å². The zero-order chi connectivity index (χ0) is 18.7. The van der Waals surface area contributed by atoms with E-state index in [-0.39, 0.29) is 4.91 Å². The Kier molecular flexibility index (Phi) is 5.22. The molecule has 134 valence electrons. The van der Waals surface area contributed by atoms with Gasteiger partial charge in [-0.15, -0.1) is 5.10 Å². The summed E-state index contributed by atoms with van der Waals surface area (Å²) in [4.78, 5) is 23.2. The van der Waals surface area contributed by atoms with Crippen LogP contribution in [0.15, 0.2) is 51.6 Å². The van der Waals surface area contributed by atoms with Gasteiger partial charge in [0, 0.05) is 29.2 Å². The van der Waals surface area contributed by atoms with Gasteiger partial charge in [0.2, 0.25) is 0 Å². The Morgan fingerprint density at radius 2 is 2.15 bits per heavy atom. The minimum Gasteiger partial charge on any atom is -0.466 e. The summed E-state index contributed by atoms with van der Waals surface area (Å²) < 4.78 is 6.71. The lowest BCUT2D eigenvalue weighted by molar-refractivity contribution is -0.135. The van der Waals surface area contributed by atoms with Gasteiger partial charge in [0.1, 0.15) is 0 Å². The monoisotopic (exact) mass is 370 g/mol. The first kappa shape index (κ1) is 17.9. The van der Waals surface area contributed by atoms with E-state index in [1.807, 2.05) is 18.2 Å². The molecule has 2 heterocycles. The fourth-order valence-electron chi connectivity index (χ4n) is 2.50. The van der Waals surface area contributed by atoms with Crippen molar-refractivity contribution in [2.45, 2.75) is 19.9 Å². The van der Waals surface area contributed by atoms with Crippen LogP contribution in [0.1, 0.15) is 25.5 Å². The molecule has 26 heavy (non-hydrogen) atoms. The molecule has 0 radical (unpaired) electrons. The van der Waals surface area contributed by atoms with Crippen LogP contribution in [-0.4, -0.2) is 34.9 Å². The van der Waals surface area contributed by atoms with Crippen LogP contribution in [0.4, 0.5) is 0 Å². The molecule has 1 aromatic carbocycles. The molecule has 0 saturated carbocycles. The molecule has 8 heteroatoms. The number of nitrogens with one attached hydrogen (secondary N) is 1. The Morgan fingerprint density at radius 1 is 1.35 bits per heavy atom. The van der Waals surface area contributed by atoms with Gasteiger partial charge in [0.15, 0.2) is 5.17 Å². The molecule has 0 atom stereocenters. The number of fused-ring (bicyclic) bond motifs is 1. The van der Waals surface area contributed by atoms with Crippen molar-refractivity contribution in [1.29, 1.82) is 0 Å². The lowest BCUT2D eigenvalue weighted by atomic mass is 10.2. The third-order valence-corrected chi connectivity index (χ3v) is 4.66. The van der Waals surface area contributed by atoms with E-state index in [1.54, 1.807) is 6.21 Å². The Morgan fingerprint density at radius 3 is 2.88 bits per heavy atom. The summed E-state index contributed by atoms with van der Waals surface area (Å²) in [6, 6.07) is 8.51. The number of esters is 1. The zero-order valence-electron chi connectivity index (χ0n) is 14.6. The quantitative estimate of drug-likeness (QED) is 0.388. The average molecular weight is 370 g/mol. The lowest BCUT2D eigenvalue weighted by Crippen LogP contribution is -2.19. The number of carbonyl (C=O) groups excluding carboxylic acids is 2. The average Bonchev–Trinajstić information content (AvgIpc) is 3.18. The van der Waals surface area contributed by atoms with Gasteiger partial charge in [-0.2, -0.15) is 5.10 Å². The maximum atomic E-state index is 11.7. The van der Waals surface area contributed by atoms with Crippen molar-refractivity contribution in [3.63, 3.8) is 0 Å². The van der Waals surface area contributed by atoms with Crippen LogP contribution in [-0.2, 0) is 14.3 Å². The molecule has 1 saturated heterocycles. The first-order chi connectivity index (χ1) is 12.5. The SMILES string of the molecule is COC(=O)/C=C1/S/C(=N\N=Cc2ccc3c(ccn3C(C)C)c2)NC1=O.